The van der Waals surface area contributed by atoms with Crippen LogP contribution in [0.4, 0.5) is 0 Å². The molecule has 202 valence electrons. The lowest BCUT2D eigenvalue weighted by Gasteiger charge is -2.56. The van der Waals surface area contributed by atoms with Gasteiger partial charge >= 0.3 is 5.97 Å². The molecule has 2 aliphatic carbocycles. The number of methoxy groups -OCH3 is 1. The molecule has 0 saturated carbocycles. The monoisotopic (exact) mass is 533 g/mol. The summed E-state index contributed by atoms with van der Waals surface area (Å²) in [6, 6.07) is 12.0. The van der Waals surface area contributed by atoms with E-state index >= 15 is 0 Å². The third-order valence-electron chi connectivity index (χ3n) is 9.85. The van der Waals surface area contributed by atoms with Gasteiger partial charge in [0.05, 0.1) is 12.7 Å². The number of ether oxygens (including phenoxy) is 3. The predicted molar refractivity (Wildman–Crippen MR) is 150 cm³/mol. The lowest BCUT2D eigenvalue weighted by molar-refractivity contribution is -0.0555. The van der Waals surface area contributed by atoms with E-state index in [0.717, 1.165) is 36.6 Å². The molecule has 7 heteroatoms. The Balaban J connectivity index is 1.28. The maximum Gasteiger partial charge on any atom is 0.338 e. The van der Waals surface area contributed by atoms with E-state index in [-0.39, 0.29) is 22.5 Å². The number of piperidine rings is 1. The molecule has 1 spiro atoms. The molecule has 2 aliphatic heterocycles. The number of benzene rings is 2. The fraction of sp³-hybridized carbons (Fsp3) is 0.516. The number of hydrogen-bond acceptors (Lipinski definition) is 6. The number of carbonyl (C=O) groups excluding carboxylic acids is 1. The second-order valence-electron chi connectivity index (χ2n) is 12.9. The van der Waals surface area contributed by atoms with E-state index in [0.29, 0.717) is 17.5 Å². The van der Waals surface area contributed by atoms with Gasteiger partial charge in [0, 0.05) is 22.9 Å². The molecule has 0 amide bonds. The average Bonchev–Trinajstić information content (AvgIpc) is 3.22. The van der Waals surface area contributed by atoms with Gasteiger partial charge in [-0.2, -0.15) is 0 Å². The minimum absolute atomic E-state index is 0.0999. The summed E-state index contributed by atoms with van der Waals surface area (Å²) in [7, 11) is 1.95. The molecule has 5 atom stereocenters. The van der Waals surface area contributed by atoms with Crippen molar-refractivity contribution in [3.8, 4) is 17.2 Å². The van der Waals surface area contributed by atoms with Gasteiger partial charge in [0.25, 0.3) is 0 Å². The van der Waals surface area contributed by atoms with Crippen LogP contribution >= 0.6 is 0 Å². The van der Waals surface area contributed by atoms with Crippen molar-refractivity contribution in [2.75, 3.05) is 20.7 Å². The molecule has 0 radical (unpaired) electrons. The van der Waals surface area contributed by atoms with Gasteiger partial charge in [0.15, 0.2) is 17.6 Å². The molecule has 1 saturated heterocycles. The van der Waals surface area contributed by atoms with Crippen LogP contribution in [0.15, 0.2) is 48.6 Å². The van der Waals surface area contributed by atoms with Crippen molar-refractivity contribution in [3.05, 3.63) is 65.2 Å². The minimum Gasteiger partial charge on any atom is -0.544 e. The molecule has 4 aliphatic rings. The number of rotatable bonds is 5. The molecular formula is C31H39NO5Si. The first-order chi connectivity index (χ1) is 18.0. The fourth-order valence-corrected chi connectivity index (χ4v) is 7.80. The number of likely N-dealkylation sites (tertiary alicyclic amines) is 1. The fourth-order valence-electron chi connectivity index (χ4n) is 6.77. The molecule has 0 N–H and O–H groups in total. The van der Waals surface area contributed by atoms with Crippen molar-refractivity contribution in [3.63, 3.8) is 0 Å². The van der Waals surface area contributed by atoms with Crippen LogP contribution in [-0.2, 0) is 16.6 Å². The second-order valence-corrected chi connectivity index (χ2v) is 17.6. The SMILES string of the molecule is COc1ccc2c3c1O[C@H]1[C@@H](OC(=O)c4ccc(O[Si](C)(C)C(C)(C)C)cc4)C=C[C@H]4[C@@H](C2)N(C)CC[C@@]341. The number of likely N-dealkylation sites (N-methyl/N-ethyl adjacent to an activating group) is 1. The highest BCUT2D eigenvalue weighted by Gasteiger charge is 2.65. The predicted octanol–water partition coefficient (Wildman–Crippen LogP) is 5.75. The molecule has 0 unspecified atom stereocenters. The Bertz CT molecular complexity index is 1300. The Morgan fingerprint density at radius 3 is 2.53 bits per heavy atom. The molecule has 6 nitrogen and oxygen atoms in total. The highest BCUT2D eigenvalue weighted by molar-refractivity contribution is 6.74. The summed E-state index contributed by atoms with van der Waals surface area (Å²) >= 11 is 0. The maximum absolute atomic E-state index is 13.4. The van der Waals surface area contributed by atoms with E-state index in [1.807, 2.05) is 18.2 Å². The molecular weight excluding hydrogens is 494 g/mol. The van der Waals surface area contributed by atoms with Gasteiger partial charge in [0.2, 0.25) is 8.32 Å². The number of carbonyl (C=O) groups is 1. The van der Waals surface area contributed by atoms with Crippen LogP contribution < -0.4 is 13.9 Å². The Kier molecular flexibility index (Phi) is 5.78. The van der Waals surface area contributed by atoms with Crippen molar-refractivity contribution in [2.24, 2.45) is 5.92 Å². The van der Waals surface area contributed by atoms with Crippen molar-refractivity contribution >= 4 is 14.3 Å². The van der Waals surface area contributed by atoms with Crippen molar-refractivity contribution in [1.82, 2.24) is 4.90 Å². The quantitative estimate of drug-likeness (QED) is 0.277. The van der Waals surface area contributed by atoms with Gasteiger partial charge in [-0.25, -0.2) is 4.79 Å². The first-order valence-electron chi connectivity index (χ1n) is 13.7. The Morgan fingerprint density at radius 2 is 1.84 bits per heavy atom. The van der Waals surface area contributed by atoms with Crippen molar-refractivity contribution in [2.45, 2.75) is 75.4 Å². The maximum atomic E-state index is 13.4. The third-order valence-corrected chi connectivity index (χ3v) is 14.2. The lowest BCUT2D eigenvalue weighted by atomic mass is 9.53. The summed E-state index contributed by atoms with van der Waals surface area (Å²) in [5.74, 6) is 2.35. The average molecular weight is 534 g/mol. The second kappa shape index (κ2) is 8.62. The molecule has 38 heavy (non-hydrogen) atoms. The van der Waals surface area contributed by atoms with Gasteiger partial charge in [-0.15, -0.1) is 0 Å². The van der Waals surface area contributed by atoms with Gasteiger partial charge in [-0.1, -0.05) is 32.9 Å². The number of nitrogens with zero attached hydrogens (tertiary/aromatic N) is 1. The summed E-state index contributed by atoms with van der Waals surface area (Å²) in [6.07, 6.45) is 5.53. The largest absolute Gasteiger partial charge is 0.544 e. The molecule has 2 aromatic rings. The zero-order valence-corrected chi connectivity index (χ0v) is 24.5. The van der Waals surface area contributed by atoms with E-state index < -0.39 is 14.4 Å². The van der Waals surface area contributed by atoms with Gasteiger partial charge in [0.1, 0.15) is 11.9 Å². The number of hydrogen-bond donors (Lipinski definition) is 0. The molecule has 2 bridgehead atoms. The summed E-state index contributed by atoms with van der Waals surface area (Å²) in [4.78, 5) is 15.8. The molecule has 0 aromatic heterocycles. The van der Waals surface area contributed by atoms with Gasteiger partial charge in [-0.3, -0.25) is 0 Å². The van der Waals surface area contributed by atoms with E-state index in [2.05, 4.69) is 64.0 Å². The minimum atomic E-state index is -1.96. The Hall–Kier alpha value is -2.77. The van der Waals surface area contributed by atoms with E-state index in [9.17, 15) is 4.79 Å². The third kappa shape index (κ3) is 3.65. The Labute approximate surface area is 227 Å². The highest BCUT2D eigenvalue weighted by Crippen LogP contribution is 2.62. The smallest absolute Gasteiger partial charge is 0.338 e. The first kappa shape index (κ1) is 25.5. The molecule has 2 aromatic carbocycles. The molecule has 2 heterocycles. The van der Waals surface area contributed by atoms with Crippen molar-refractivity contribution < 1.29 is 23.4 Å². The summed E-state index contributed by atoms with van der Waals surface area (Å²) in [5.41, 5.74) is 2.90. The number of esters is 1. The Morgan fingerprint density at radius 1 is 1.11 bits per heavy atom. The lowest BCUT2D eigenvalue weighted by Crippen LogP contribution is -2.65. The van der Waals surface area contributed by atoms with Crippen LogP contribution in [0.25, 0.3) is 0 Å². The van der Waals surface area contributed by atoms with Crippen LogP contribution in [-0.4, -0.2) is 58.1 Å². The zero-order chi connectivity index (χ0) is 27.0. The first-order valence-corrected chi connectivity index (χ1v) is 16.6. The normalized spacial score (nSPS) is 29.3. The summed E-state index contributed by atoms with van der Waals surface area (Å²) < 4.78 is 25.0. The summed E-state index contributed by atoms with van der Waals surface area (Å²) in [6.45, 7) is 12.1. The molecule has 1 fully saturated rings. The van der Waals surface area contributed by atoms with Crippen LogP contribution in [0.2, 0.25) is 18.1 Å². The van der Waals surface area contributed by atoms with Gasteiger partial charge in [-0.05, 0) is 86.5 Å². The zero-order valence-electron chi connectivity index (χ0n) is 23.5. The summed E-state index contributed by atoms with van der Waals surface area (Å²) in [5, 5.41) is 0.0999. The van der Waals surface area contributed by atoms with Crippen LogP contribution in [0.1, 0.15) is 48.7 Å². The van der Waals surface area contributed by atoms with Crippen LogP contribution in [0.5, 0.6) is 17.2 Å². The van der Waals surface area contributed by atoms with Crippen LogP contribution in [0, 0.1) is 5.92 Å². The van der Waals surface area contributed by atoms with Crippen LogP contribution in [0.3, 0.4) is 0 Å². The van der Waals surface area contributed by atoms with Crippen molar-refractivity contribution in [1.29, 1.82) is 0 Å². The van der Waals surface area contributed by atoms with E-state index in [1.54, 1.807) is 19.2 Å². The standard InChI is InChI=1S/C31H39NO5Si/c1-30(2,3)38(6,7)37-21-11-8-19(9-12-21)29(33)35-25-15-13-22-23-18-20-10-14-24(34-5)27-26(20)31(22,28(25)36-27)16-17-32(23)4/h8-15,22-23,25,28H,16-18H2,1-7H3/t22-,23+,25-,28-,31-/m0/s1. The highest BCUT2D eigenvalue weighted by atomic mass is 28.4. The topological polar surface area (TPSA) is 57.2 Å². The van der Waals surface area contributed by atoms with E-state index in [4.69, 9.17) is 18.6 Å². The van der Waals surface area contributed by atoms with Gasteiger partial charge < -0.3 is 23.5 Å². The van der Waals surface area contributed by atoms with E-state index in [1.165, 1.54) is 11.1 Å². The molecule has 6 rings (SSSR count).